The Bertz CT molecular complexity index is 323. The lowest BCUT2D eigenvalue weighted by Crippen LogP contribution is -2.71. The summed E-state index contributed by atoms with van der Waals surface area (Å²) in [7, 11) is 0. The molecule has 7 nitrogen and oxygen atoms in total. The Morgan fingerprint density at radius 1 is 1.56 bits per heavy atom. The third kappa shape index (κ3) is 2.70. The van der Waals surface area contributed by atoms with Crippen LogP contribution in [0.4, 0.5) is 0 Å². The summed E-state index contributed by atoms with van der Waals surface area (Å²) in [5, 5.41) is 41.5. The third-order valence-corrected chi connectivity index (χ3v) is 3.01. The normalized spacial score (nSPS) is 40.3. The Kier molecular flexibility index (Phi) is 4.83. The highest BCUT2D eigenvalue weighted by Gasteiger charge is 2.54. The molecule has 0 aliphatic carbocycles. The lowest BCUT2D eigenvalue weighted by Gasteiger charge is -2.48. The molecule has 1 rings (SSSR count). The highest BCUT2D eigenvalue weighted by molar-refractivity contribution is 5.73. The Labute approximate surface area is 105 Å². The Morgan fingerprint density at radius 3 is 2.61 bits per heavy atom. The molecule has 5 atom stereocenters. The minimum absolute atomic E-state index is 0.0734. The predicted molar refractivity (Wildman–Crippen MR) is 61.3 cm³/mol. The minimum atomic E-state index is -1.85. The van der Waals surface area contributed by atoms with Gasteiger partial charge in [0, 0.05) is 6.92 Å². The second kappa shape index (κ2) is 5.77. The number of amides is 1. The molecule has 18 heavy (non-hydrogen) atoms. The molecule has 104 valence electrons. The van der Waals surface area contributed by atoms with E-state index < -0.39 is 42.7 Å². The number of aliphatic hydroxyl groups is 4. The van der Waals surface area contributed by atoms with E-state index in [4.69, 9.17) is 9.84 Å². The van der Waals surface area contributed by atoms with Crippen LogP contribution in [0.3, 0.4) is 0 Å². The maximum Gasteiger partial charge on any atom is 0.217 e. The summed E-state index contributed by atoms with van der Waals surface area (Å²) in [5.74, 6) is -0.486. The Hall–Kier alpha value is -0.990. The molecule has 0 bridgehead atoms. The summed E-state index contributed by atoms with van der Waals surface area (Å²) in [6.07, 6.45) is -2.84. The van der Waals surface area contributed by atoms with Gasteiger partial charge in [0.25, 0.3) is 0 Å². The zero-order valence-electron chi connectivity index (χ0n) is 10.1. The first-order valence-corrected chi connectivity index (χ1v) is 5.59. The van der Waals surface area contributed by atoms with Gasteiger partial charge in [0.15, 0.2) is 6.29 Å². The van der Waals surface area contributed by atoms with Crippen molar-refractivity contribution in [2.75, 3.05) is 6.61 Å². The number of carbonyl (C=O) groups is 1. The van der Waals surface area contributed by atoms with Crippen molar-refractivity contribution in [2.45, 2.75) is 43.5 Å². The van der Waals surface area contributed by atoms with E-state index in [1.165, 1.54) is 13.0 Å². The molecule has 0 aromatic carbocycles. The quantitative estimate of drug-likeness (QED) is 0.369. The van der Waals surface area contributed by atoms with Crippen molar-refractivity contribution < 1.29 is 30.0 Å². The number of hydrogen-bond acceptors (Lipinski definition) is 6. The summed E-state index contributed by atoms with van der Waals surface area (Å²) < 4.78 is 4.95. The molecule has 0 aromatic heterocycles. The monoisotopic (exact) mass is 261 g/mol. The maximum atomic E-state index is 11.1. The zero-order valence-corrected chi connectivity index (χ0v) is 10.1. The third-order valence-electron chi connectivity index (χ3n) is 3.01. The lowest BCUT2D eigenvalue weighted by molar-refractivity contribution is -0.286. The average molecular weight is 261 g/mol. The fourth-order valence-corrected chi connectivity index (χ4v) is 2.12. The molecule has 1 fully saturated rings. The smallest absolute Gasteiger partial charge is 0.217 e. The summed E-state index contributed by atoms with van der Waals surface area (Å²) >= 11 is 0. The molecule has 7 heteroatoms. The summed E-state index contributed by atoms with van der Waals surface area (Å²) in [6.45, 7) is 4.10. The van der Waals surface area contributed by atoms with Gasteiger partial charge in [0.1, 0.15) is 23.9 Å². The average Bonchev–Trinajstić information content (AvgIpc) is 2.30. The van der Waals surface area contributed by atoms with Crippen LogP contribution in [0.2, 0.25) is 0 Å². The first-order chi connectivity index (χ1) is 8.36. The highest BCUT2D eigenvalue weighted by atomic mass is 16.6. The first-order valence-electron chi connectivity index (χ1n) is 5.59. The van der Waals surface area contributed by atoms with Gasteiger partial charge < -0.3 is 30.5 Å². The summed E-state index contributed by atoms with van der Waals surface area (Å²) in [4.78, 5) is 11.1. The molecule has 0 saturated carbocycles. The molecule has 0 spiro atoms. The highest BCUT2D eigenvalue weighted by Crippen LogP contribution is 2.32. The SMILES string of the molecule is C=CC[C@]1(O)[C@H](O)[C@@H](CO)O[C@H](O)[C@H]1NC(C)=O. The molecule has 5 N–H and O–H groups in total. The molecule has 1 heterocycles. The second-order valence-electron chi connectivity index (χ2n) is 4.35. The number of nitrogens with one attached hydrogen (secondary N) is 1. The number of aliphatic hydroxyl groups excluding tert-OH is 3. The van der Waals surface area contributed by atoms with Gasteiger partial charge in [-0.15, -0.1) is 6.58 Å². The van der Waals surface area contributed by atoms with E-state index >= 15 is 0 Å². The van der Waals surface area contributed by atoms with E-state index in [-0.39, 0.29) is 6.42 Å². The maximum absolute atomic E-state index is 11.1. The van der Waals surface area contributed by atoms with Gasteiger partial charge in [-0.25, -0.2) is 0 Å². The van der Waals surface area contributed by atoms with Crippen molar-refractivity contribution in [1.82, 2.24) is 5.32 Å². The van der Waals surface area contributed by atoms with E-state index in [2.05, 4.69) is 11.9 Å². The van der Waals surface area contributed by atoms with Gasteiger partial charge in [-0.05, 0) is 6.42 Å². The van der Waals surface area contributed by atoms with Gasteiger partial charge >= 0.3 is 0 Å². The van der Waals surface area contributed by atoms with Gasteiger partial charge in [-0.3, -0.25) is 4.79 Å². The Balaban J connectivity index is 3.04. The molecule has 1 aliphatic heterocycles. The molecule has 0 aromatic rings. The summed E-state index contributed by atoms with van der Waals surface area (Å²) in [6, 6.07) is -1.20. The first kappa shape index (κ1) is 15.1. The van der Waals surface area contributed by atoms with Crippen molar-refractivity contribution in [3.63, 3.8) is 0 Å². The minimum Gasteiger partial charge on any atom is -0.394 e. The molecular formula is C11H19NO6. The van der Waals surface area contributed by atoms with Crippen LogP contribution in [0.5, 0.6) is 0 Å². The molecule has 0 radical (unpaired) electrons. The standard InChI is InChI=1S/C11H19NO6/c1-3-4-11(17)8(12-6(2)14)10(16)18-7(5-13)9(11)15/h3,7-10,13,15-17H,1,4-5H2,2H3,(H,12,14)/t7-,8-,9-,10+,11-/m1/s1. The van der Waals surface area contributed by atoms with Crippen molar-refractivity contribution in [3.8, 4) is 0 Å². The van der Waals surface area contributed by atoms with Crippen LogP contribution in [0.1, 0.15) is 13.3 Å². The Morgan fingerprint density at radius 2 is 2.17 bits per heavy atom. The number of ether oxygens (including phenoxy) is 1. The molecule has 1 aliphatic rings. The fourth-order valence-electron chi connectivity index (χ4n) is 2.12. The van der Waals surface area contributed by atoms with Crippen molar-refractivity contribution in [2.24, 2.45) is 0 Å². The predicted octanol–water partition coefficient (Wildman–Crippen LogP) is -2.13. The largest absolute Gasteiger partial charge is 0.394 e. The van der Waals surface area contributed by atoms with Crippen molar-refractivity contribution in [3.05, 3.63) is 12.7 Å². The zero-order chi connectivity index (χ0) is 13.9. The van der Waals surface area contributed by atoms with Crippen LogP contribution >= 0.6 is 0 Å². The van der Waals surface area contributed by atoms with Crippen LogP contribution in [0.15, 0.2) is 12.7 Å². The summed E-state index contributed by atoms with van der Waals surface area (Å²) in [5.41, 5.74) is -1.85. The second-order valence-corrected chi connectivity index (χ2v) is 4.35. The van der Waals surface area contributed by atoms with Crippen LogP contribution in [0, 0.1) is 0 Å². The fraction of sp³-hybridized carbons (Fsp3) is 0.727. The van der Waals surface area contributed by atoms with E-state index in [1.54, 1.807) is 0 Å². The van der Waals surface area contributed by atoms with Gasteiger partial charge in [-0.2, -0.15) is 0 Å². The van der Waals surface area contributed by atoms with Crippen LogP contribution in [-0.2, 0) is 9.53 Å². The van der Waals surface area contributed by atoms with Gasteiger partial charge in [-0.1, -0.05) is 6.08 Å². The molecule has 0 unspecified atom stereocenters. The van der Waals surface area contributed by atoms with Crippen LogP contribution in [-0.4, -0.2) is 63.1 Å². The molecular weight excluding hydrogens is 242 g/mol. The lowest BCUT2D eigenvalue weighted by atomic mass is 9.79. The molecule has 1 saturated heterocycles. The number of hydrogen-bond donors (Lipinski definition) is 5. The van der Waals surface area contributed by atoms with Crippen molar-refractivity contribution in [1.29, 1.82) is 0 Å². The van der Waals surface area contributed by atoms with E-state index in [1.807, 2.05) is 0 Å². The van der Waals surface area contributed by atoms with E-state index in [9.17, 15) is 20.1 Å². The van der Waals surface area contributed by atoms with Crippen LogP contribution in [0.25, 0.3) is 0 Å². The van der Waals surface area contributed by atoms with Gasteiger partial charge in [0.05, 0.1) is 6.61 Å². The van der Waals surface area contributed by atoms with Crippen molar-refractivity contribution >= 4 is 5.91 Å². The topological polar surface area (TPSA) is 119 Å². The van der Waals surface area contributed by atoms with Crippen LogP contribution < -0.4 is 5.32 Å². The van der Waals surface area contributed by atoms with E-state index in [0.717, 1.165) is 0 Å². The van der Waals surface area contributed by atoms with E-state index in [0.29, 0.717) is 0 Å². The van der Waals surface area contributed by atoms with Gasteiger partial charge in [0.2, 0.25) is 5.91 Å². The number of rotatable bonds is 4. The number of carbonyl (C=O) groups excluding carboxylic acids is 1. The molecule has 1 amide bonds.